The Labute approximate surface area is 121 Å². The fourth-order valence-corrected chi connectivity index (χ4v) is 2.82. The number of para-hydroxylation sites is 1. The zero-order valence-corrected chi connectivity index (χ0v) is 12.5. The predicted octanol–water partition coefficient (Wildman–Crippen LogP) is 2.74. The van der Waals surface area contributed by atoms with E-state index in [0.717, 1.165) is 6.07 Å². The summed E-state index contributed by atoms with van der Waals surface area (Å²) in [6.07, 6.45) is 0.741. The smallest absolute Gasteiger partial charge is 0.341 e. The first-order valence-corrected chi connectivity index (χ1v) is 7.82. The molecule has 8 heteroatoms. The Morgan fingerprint density at radius 3 is 2.43 bits per heavy atom. The summed E-state index contributed by atoms with van der Waals surface area (Å²) in [5.41, 5.74) is -1.58. The van der Waals surface area contributed by atoms with Crippen LogP contribution in [-0.4, -0.2) is 30.8 Å². The van der Waals surface area contributed by atoms with E-state index in [-0.39, 0.29) is 12.1 Å². The molecule has 0 aromatic heterocycles. The van der Waals surface area contributed by atoms with Crippen molar-refractivity contribution in [3.8, 4) is 0 Å². The standard InChI is InChI=1S/C13H17F2NO4S/c1-3-8-13(2,11(17)18)16-9-6-4-5-7-10(9)21(19,20)12(14)15/h4-7,12,16H,3,8H2,1-2H3,(H,17,18). The SMILES string of the molecule is CCCC(C)(Nc1ccccc1S(=O)(=O)C(F)F)C(=O)O. The van der Waals surface area contributed by atoms with Gasteiger partial charge >= 0.3 is 11.7 Å². The van der Waals surface area contributed by atoms with Gasteiger partial charge in [-0.3, -0.25) is 0 Å². The monoisotopic (exact) mass is 321 g/mol. The quantitative estimate of drug-likeness (QED) is 0.807. The van der Waals surface area contributed by atoms with Crippen LogP contribution < -0.4 is 5.32 Å². The van der Waals surface area contributed by atoms with E-state index in [1.165, 1.54) is 25.1 Å². The molecule has 2 N–H and O–H groups in total. The van der Waals surface area contributed by atoms with E-state index in [0.29, 0.717) is 6.42 Å². The van der Waals surface area contributed by atoms with Gasteiger partial charge in [-0.1, -0.05) is 25.5 Å². The zero-order valence-electron chi connectivity index (χ0n) is 11.6. The predicted molar refractivity (Wildman–Crippen MR) is 74.2 cm³/mol. The molecule has 1 unspecified atom stereocenters. The van der Waals surface area contributed by atoms with Crippen molar-refractivity contribution in [1.29, 1.82) is 0 Å². The van der Waals surface area contributed by atoms with Crippen LogP contribution in [0, 0.1) is 0 Å². The molecule has 0 aliphatic carbocycles. The van der Waals surface area contributed by atoms with E-state index >= 15 is 0 Å². The molecule has 1 aromatic rings. The fourth-order valence-electron chi connectivity index (χ4n) is 1.93. The maximum absolute atomic E-state index is 12.7. The van der Waals surface area contributed by atoms with Crippen molar-refractivity contribution in [2.75, 3.05) is 5.32 Å². The molecular weight excluding hydrogens is 304 g/mol. The molecule has 21 heavy (non-hydrogen) atoms. The topological polar surface area (TPSA) is 83.5 Å². The molecule has 0 spiro atoms. The van der Waals surface area contributed by atoms with Crippen LogP contribution in [0.3, 0.4) is 0 Å². The fraction of sp³-hybridized carbons (Fsp3) is 0.462. The number of benzene rings is 1. The second-order valence-electron chi connectivity index (χ2n) is 4.81. The summed E-state index contributed by atoms with van der Waals surface area (Å²) in [4.78, 5) is 10.7. The lowest BCUT2D eigenvalue weighted by Crippen LogP contribution is -2.43. The molecule has 118 valence electrons. The number of carbonyl (C=O) groups is 1. The first-order chi connectivity index (χ1) is 9.65. The molecule has 0 bridgehead atoms. The molecule has 0 amide bonds. The Balaban J connectivity index is 3.30. The molecule has 5 nitrogen and oxygen atoms in total. The van der Waals surface area contributed by atoms with E-state index in [4.69, 9.17) is 0 Å². The lowest BCUT2D eigenvalue weighted by molar-refractivity contribution is -0.142. The summed E-state index contributed by atoms with van der Waals surface area (Å²) in [5, 5.41) is 11.8. The Hall–Kier alpha value is -1.70. The Morgan fingerprint density at radius 2 is 1.95 bits per heavy atom. The van der Waals surface area contributed by atoms with Gasteiger partial charge in [0.2, 0.25) is 9.84 Å². The van der Waals surface area contributed by atoms with Crippen molar-refractivity contribution in [1.82, 2.24) is 0 Å². The molecule has 0 radical (unpaired) electrons. The lowest BCUT2D eigenvalue weighted by atomic mass is 9.96. The minimum Gasteiger partial charge on any atom is -0.480 e. The molecule has 1 rings (SSSR count). The number of aliphatic carboxylic acids is 1. The molecular formula is C13H17F2NO4S. The summed E-state index contributed by atoms with van der Waals surface area (Å²) in [6.45, 7) is 3.15. The van der Waals surface area contributed by atoms with E-state index in [2.05, 4.69) is 5.32 Å². The summed E-state index contributed by atoms with van der Waals surface area (Å²) in [7, 11) is -4.81. The second kappa shape index (κ2) is 6.38. The van der Waals surface area contributed by atoms with Gasteiger partial charge in [0.15, 0.2) is 0 Å². The maximum Gasteiger partial charge on any atom is 0.341 e. The van der Waals surface area contributed by atoms with E-state index in [1.807, 2.05) is 0 Å². The van der Waals surface area contributed by atoms with Crippen LogP contribution in [0.25, 0.3) is 0 Å². The van der Waals surface area contributed by atoms with Crippen LogP contribution in [0.15, 0.2) is 29.2 Å². The average molecular weight is 321 g/mol. The maximum atomic E-state index is 12.7. The van der Waals surface area contributed by atoms with E-state index in [9.17, 15) is 27.1 Å². The number of carboxylic acids is 1. The third kappa shape index (κ3) is 3.69. The Kier molecular flexibility index (Phi) is 5.27. The van der Waals surface area contributed by atoms with Gasteiger partial charge in [-0.25, -0.2) is 13.2 Å². The minimum absolute atomic E-state index is 0.142. The lowest BCUT2D eigenvalue weighted by Gasteiger charge is -2.28. The number of nitrogens with one attached hydrogen (secondary N) is 1. The van der Waals surface area contributed by atoms with Gasteiger partial charge in [-0.2, -0.15) is 8.78 Å². The van der Waals surface area contributed by atoms with Gasteiger partial charge < -0.3 is 10.4 Å². The second-order valence-corrected chi connectivity index (χ2v) is 6.70. The van der Waals surface area contributed by atoms with E-state index < -0.39 is 32.0 Å². The Morgan fingerprint density at radius 1 is 1.38 bits per heavy atom. The van der Waals surface area contributed by atoms with Gasteiger partial charge in [-0.05, 0) is 25.5 Å². The number of hydrogen-bond donors (Lipinski definition) is 2. The Bertz CT molecular complexity index is 618. The van der Waals surface area contributed by atoms with Crippen molar-refractivity contribution < 1.29 is 27.1 Å². The molecule has 0 aliphatic rings. The van der Waals surface area contributed by atoms with Crippen molar-refractivity contribution in [3.63, 3.8) is 0 Å². The molecule has 1 aromatic carbocycles. The highest BCUT2D eigenvalue weighted by Gasteiger charge is 2.35. The number of halogens is 2. The minimum atomic E-state index is -4.81. The van der Waals surface area contributed by atoms with Crippen LogP contribution >= 0.6 is 0 Å². The normalized spacial score (nSPS) is 14.7. The largest absolute Gasteiger partial charge is 0.480 e. The highest BCUT2D eigenvalue weighted by Crippen LogP contribution is 2.29. The molecule has 1 atom stereocenters. The molecule has 0 fully saturated rings. The highest BCUT2D eigenvalue weighted by atomic mass is 32.2. The van der Waals surface area contributed by atoms with Crippen molar-refractivity contribution in [2.45, 2.75) is 42.9 Å². The van der Waals surface area contributed by atoms with Crippen LogP contribution in [0.4, 0.5) is 14.5 Å². The summed E-state index contributed by atoms with van der Waals surface area (Å²) in [6, 6.07) is 5.05. The van der Waals surface area contributed by atoms with Gasteiger partial charge in [0.25, 0.3) is 0 Å². The van der Waals surface area contributed by atoms with E-state index in [1.54, 1.807) is 6.92 Å². The third-order valence-corrected chi connectivity index (χ3v) is 4.50. The number of alkyl halides is 2. The van der Waals surface area contributed by atoms with Crippen molar-refractivity contribution in [3.05, 3.63) is 24.3 Å². The number of sulfone groups is 1. The molecule has 0 saturated heterocycles. The average Bonchev–Trinajstić information content (AvgIpc) is 2.39. The van der Waals surface area contributed by atoms with Gasteiger partial charge in [0.1, 0.15) is 5.54 Å². The summed E-state index contributed by atoms with van der Waals surface area (Å²) < 4.78 is 48.6. The molecule has 0 aliphatic heterocycles. The van der Waals surface area contributed by atoms with Crippen LogP contribution in [0.2, 0.25) is 0 Å². The first kappa shape index (κ1) is 17.4. The van der Waals surface area contributed by atoms with Gasteiger partial charge in [-0.15, -0.1) is 0 Å². The number of anilines is 1. The highest BCUT2D eigenvalue weighted by molar-refractivity contribution is 7.91. The third-order valence-electron chi connectivity index (χ3n) is 3.06. The number of carboxylic acid groups (broad SMARTS) is 1. The van der Waals surface area contributed by atoms with Crippen LogP contribution in [0.1, 0.15) is 26.7 Å². The molecule has 0 heterocycles. The summed E-state index contributed by atoms with van der Waals surface area (Å²) in [5.74, 6) is -4.75. The van der Waals surface area contributed by atoms with Crippen LogP contribution in [0.5, 0.6) is 0 Å². The van der Waals surface area contributed by atoms with Gasteiger partial charge in [0.05, 0.1) is 10.6 Å². The van der Waals surface area contributed by atoms with Crippen molar-refractivity contribution >= 4 is 21.5 Å². The number of rotatable bonds is 7. The zero-order chi connectivity index (χ0) is 16.3. The van der Waals surface area contributed by atoms with Gasteiger partial charge in [0, 0.05) is 0 Å². The van der Waals surface area contributed by atoms with Crippen LogP contribution in [-0.2, 0) is 14.6 Å². The number of hydrogen-bond acceptors (Lipinski definition) is 4. The first-order valence-electron chi connectivity index (χ1n) is 6.28. The van der Waals surface area contributed by atoms with Crippen molar-refractivity contribution in [2.24, 2.45) is 0 Å². The molecule has 0 saturated carbocycles. The summed E-state index contributed by atoms with van der Waals surface area (Å²) >= 11 is 0.